The molecular weight excluding hydrogens is 292 g/mol. The Balaban J connectivity index is 2.02. The van der Waals surface area contributed by atoms with Crippen molar-refractivity contribution in [3.05, 3.63) is 38.8 Å². The molecule has 0 spiro atoms. The van der Waals surface area contributed by atoms with Gasteiger partial charge in [0.15, 0.2) is 5.16 Å². The lowest BCUT2D eigenvalue weighted by molar-refractivity contribution is 0.932. The highest BCUT2D eigenvalue weighted by Crippen LogP contribution is 2.28. The second kappa shape index (κ2) is 5.09. The van der Waals surface area contributed by atoms with Gasteiger partial charge in [-0.1, -0.05) is 11.8 Å². The summed E-state index contributed by atoms with van der Waals surface area (Å²) >= 11 is 6.92. The third kappa shape index (κ3) is 3.03. The largest absolute Gasteiger partial charge is 0.231 e. The van der Waals surface area contributed by atoms with Crippen molar-refractivity contribution in [1.29, 1.82) is 0 Å². The predicted octanol–water partition coefficient (Wildman–Crippen LogP) is 3.90. The average Bonchev–Trinajstić information content (AvgIpc) is 2.61. The van der Waals surface area contributed by atoms with E-state index in [4.69, 9.17) is 0 Å². The van der Waals surface area contributed by atoms with E-state index in [1.165, 1.54) is 9.35 Å². The number of hydrogen-bond acceptors (Lipinski definition) is 4. The third-order valence-corrected chi connectivity index (χ3v) is 4.79. The number of aromatic nitrogens is 2. The summed E-state index contributed by atoms with van der Waals surface area (Å²) in [6.45, 7) is 1.98. The smallest absolute Gasteiger partial charge is 0.188 e. The van der Waals surface area contributed by atoms with Crippen molar-refractivity contribution < 1.29 is 0 Å². The molecule has 0 radical (unpaired) electrons. The molecule has 0 unspecified atom stereocenters. The molecule has 2 nitrogen and oxygen atoms in total. The van der Waals surface area contributed by atoms with Crippen LogP contribution in [0.1, 0.15) is 10.6 Å². The minimum absolute atomic E-state index is 0.843. The minimum atomic E-state index is 0.843. The van der Waals surface area contributed by atoms with Gasteiger partial charge in [0, 0.05) is 27.0 Å². The molecule has 15 heavy (non-hydrogen) atoms. The first kappa shape index (κ1) is 11.1. The van der Waals surface area contributed by atoms with Crippen LogP contribution in [-0.4, -0.2) is 9.97 Å². The summed E-state index contributed by atoms with van der Waals surface area (Å²) in [6.07, 6.45) is 1.80. The third-order valence-electron chi connectivity index (χ3n) is 1.80. The Bertz CT molecular complexity index is 456. The Kier molecular flexibility index (Phi) is 3.77. The van der Waals surface area contributed by atoms with E-state index in [-0.39, 0.29) is 0 Å². The lowest BCUT2D eigenvalue weighted by atomic mass is 10.5. The van der Waals surface area contributed by atoms with Crippen LogP contribution in [0.25, 0.3) is 0 Å². The summed E-state index contributed by atoms with van der Waals surface area (Å²) in [7, 11) is 0. The molecule has 0 aliphatic rings. The zero-order valence-electron chi connectivity index (χ0n) is 8.11. The summed E-state index contributed by atoms with van der Waals surface area (Å²) in [5.74, 6) is 0.918. The van der Waals surface area contributed by atoms with Crippen LogP contribution < -0.4 is 0 Å². The van der Waals surface area contributed by atoms with Crippen molar-refractivity contribution in [1.82, 2.24) is 9.97 Å². The van der Waals surface area contributed by atoms with Crippen LogP contribution in [0.5, 0.6) is 0 Å². The SMILES string of the molecule is Cc1ccnc(SCc2sccc2Br)n1. The van der Waals surface area contributed by atoms with E-state index in [0.29, 0.717) is 0 Å². The fourth-order valence-corrected chi connectivity index (χ4v) is 3.72. The Morgan fingerprint density at radius 3 is 3.00 bits per heavy atom. The van der Waals surface area contributed by atoms with E-state index in [9.17, 15) is 0 Å². The first-order valence-electron chi connectivity index (χ1n) is 4.40. The highest BCUT2D eigenvalue weighted by atomic mass is 79.9. The molecule has 0 atom stereocenters. The van der Waals surface area contributed by atoms with Gasteiger partial charge in [-0.05, 0) is 40.4 Å². The number of hydrogen-bond donors (Lipinski definition) is 0. The van der Waals surface area contributed by atoms with Gasteiger partial charge < -0.3 is 0 Å². The summed E-state index contributed by atoms with van der Waals surface area (Å²) in [5.41, 5.74) is 1.01. The number of halogens is 1. The Labute approximate surface area is 105 Å². The standard InChI is InChI=1S/C10H9BrN2S2/c1-7-2-4-12-10(13-7)15-6-9-8(11)3-5-14-9/h2-5H,6H2,1H3. The average molecular weight is 301 g/mol. The van der Waals surface area contributed by atoms with Crippen LogP contribution in [0, 0.1) is 6.92 Å². The zero-order valence-corrected chi connectivity index (χ0v) is 11.3. The van der Waals surface area contributed by atoms with E-state index in [2.05, 4.69) is 37.3 Å². The van der Waals surface area contributed by atoms with Gasteiger partial charge in [-0.15, -0.1) is 11.3 Å². The molecule has 78 valence electrons. The van der Waals surface area contributed by atoms with Crippen LogP contribution in [0.3, 0.4) is 0 Å². The van der Waals surface area contributed by atoms with Gasteiger partial charge in [0.1, 0.15) is 0 Å². The Morgan fingerprint density at radius 1 is 1.47 bits per heavy atom. The van der Waals surface area contributed by atoms with Crippen LogP contribution in [0.4, 0.5) is 0 Å². The first-order chi connectivity index (χ1) is 7.25. The van der Waals surface area contributed by atoms with E-state index >= 15 is 0 Å². The summed E-state index contributed by atoms with van der Waals surface area (Å²) in [6, 6.07) is 3.97. The van der Waals surface area contributed by atoms with E-state index in [0.717, 1.165) is 16.6 Å². The molecule has 2 rings (SSSR count). The number of rotatable bonds is 3. The van der Waals surface area contributed by atoms with Crippen LogP contribution >= 0.6 is 39.0 Å². The second-order valence-corrected chi connectivity index (χ2v) is 5.76. The molecule has 0 saturated heterocycles. The quantitative estimate of drug-likeness (QED) is 0.635. The Hall–Kier alpha value is -0.390. The summed E-state index contributed by atoms with van der Waals surface area (Å²) in [4.78, 5) is 9.88. The molecule has 0 amide bonds. The van der Waals surface area contributed by atoms with Crippen molar-refractivity contribution >= 4 is 39.0 Å². The molecule has 0 bridgehead atoms. The Morgan fingerprint density at radius 2 is 2.33 bits per heavy atom. The van der Waals surface area contributed by atoms with Gasteiger partial charge in [-0.2, -0.15) is 0 Å². The van der Waals surface area contributed by atoms with Crippen molar-refractivity contribution in [2.24, 2.45) is 0 Å². The van der Waals surface area contributed by atoms with Gasteiger partial charge >= 0.3 is 0 Å². The lowest BCUT2D eigenvalue weighted by Gasteiger charge is -1.99. The molecular formula is C10H9BrN2S2. The fraction of sp³-hybridized carbons (Fsp3) is 0.200. The molecule has 0 N–H and O–H groups in total. The van der Waals surface area contributed by atoms with Gasteiger partial charge in [0.05, 0.1) is 0 Å². The molecule has 2 aromatic heterocycles. The normalized spacial score (nSPS) is 10.5. The number of nitrogens with zero attached hydrogens (tertiary/aromatic N) is 2. The van der Waals surface area contributed by atoms with Gasteiger partial charge in [0.2, 0.25) is 0 Å². The van der Waals surface area contributed by atoms with Crippen LogP contribution in [0.15, 0.2) is 33.3 Å². The summed E-state index contributed by atoms with van der Waals surface area (Å²) in [5, 5.41) is 2.92. The summed E-state index contributed by atoms with van der Waals surface area (Å²) < 4.78 is 1.17. The van der Waals surface area contributed by atoms with E-state index in [1.807, 2.05) is 13.0 Å². The maximum Gasteiger partial charge on any atom is 0.188 e. The molecule has 0 aliphatic heterocycles. The molecule has 0 saturated carbocycles. The first-order valence-corrected chi connectivity index (χ1v) is 7.06. The van der Waals surface area contributed by atoms with Crippen molar-refractivity contribution in [2.45, 2.75) is 17.8 Å². The molecule has 0 aromatic carbocycles. The fourth-order valence-electron chi connectivity index (χ4n) is 1.05. The minimum Gasteiger partial charge on any atom is -0.231 e. The van der Waals surface area contributed by atoms with Gasteiger partial charge in [-0.25, -0.2) is 9.97 Å². The van der Waals surface area contributed by atoms with Crippen molar-refractivity contribution in [3.63, 3.8) is 0 Å². The van der Waals surface area contributed by atoms with Gasteiger partial charge in [0.25, 0.3) is 0 Å². The number of thiophene rings is 1. The number of thioether (sulfide) groups is 1. The highest BCUT2D eigenvalue weighted by molar-refractivity contribution is 9.10. The van der Waals surface area contributed by atoms with Crippen LogP contribution in [-0.2, 0) is 5.75 Å². The maximum atomic E-state index is 4.34. The lowest BCUT2D eigenvalue weighted by Crippen LogP contribution is -1.88. The molecule has 5 heteroatoms. The topological polar surface area (TPSA) is 25.8 Å². The number of aryl methyl sites for hydroxylation is 1. The zero-order chi connectivity index (χ0) is 10.7. The molecule has 0 aliphatic carbocycles. The maximum absolute atomic E-state index is 4.34. The van der Waals surface area contributed by atoms with Crippen LogP contribution in [0.2, 0.25) is 0 Å². The van der Waals surface area contributed by atoms with E-state index in [1.54, 1.807) is 29.3 Å². The predicted molar refractivity (Wildman–Crippen MR) is 68.3 cm³/mol. The molecule has 0 fully saturated rings. The highest BCUT2D eigenvalue weighted by Gasteiger charge is 2.03. The van der Waals surface area contributed by atoms with Crippen molar-refractivity contribution in [2.75, 3.05) is 0 Å². The molecule has 2 aromatic rings. The monoisotopic (exact) mass is 300 g/mol. The molecule has 2 heterocycles. The van der Waals surface area contributed by atoms with Gasteiger partial charge in [-0.3, -0.25) is 0 Å². The van der Waals surface area contributed by atoms with E-state index < -0.39 is 0 Å². The van der Waals surface area contributed by atoms with Crippen molar-refractivity contribution in [3.8, 4) is 0 Å². The second-order valence-electron chi connectivity index (χ2n) is 2.96.